The van der Waals surface area contributed by atoms with Crippen molar-refractivity contribution in [1.82, 2.24) is 0 Å². The summed E-state index contributed by atoms with van der Waals surface area (Å²) in [5.41, 5.74) is 0. The van der Waals surface area contributed by atoms with Gasteiger partial charge >= 0.3 is 11.9 Å². The van der Waals surface area contributed by atoms with Crippen LogP contribution < -0.4 is 4.89 Å². The second-order valence-corrected chi connectivity index (χ2v) is 18.1. The van der Waals surface area contributed by atoms with Crippen LogP contribution in [0.4, 0.5) is 0 Å². The van der Waals surface area contributed by atoms with Crippen molar-refractivity contribution >= 4 is 19.8 Å². The number of carbonyl (C=O) groups is 2. The summed E-state index contributed by atoms with van der Waals surface area (Å²) in [5.74, 6) is -0.915. The Bertz CT molecular complexity index is 1490. The molecule has 0 spiro atoms. The Hall–Kier alpha value is -3.59. The first-order valence-corrected chi connectivity index (χ1v) is 25.7. The smallest absolute Gasteiger partial charge is 0.306 e. The molecule has 0 aliphatic carbocycles. The van der Waals surface area contributed by atoms with Crippen LogP contribution in [0.15, 0.2) is 122 Å². The quantitative estimate of drug-likeness (QED) is 0.0196. The van der Waals surface area contributed by atoms with E-state index in [9.17, 15) is 19.0 Å². The summed E-state index contributed by atoms with van der Waals surface area (Å²) >= 11 is 0. The Labute approximate surface area is 390 Å². The molecular formula is C54H88NO8P. The number of nitrogens with zero attached hydrogens (tertiary/aromatic N) is 1. The minimum Gasteiger partial charge on any atom is -0.756 e. The number of quaternary nitrogens is 1. The van der Waals surface area contributed by atoms with Crippen LogP contribution in [0.25, 0.3) is 0 Å². The van der Waals surface area contributed by atoms with E-state index < -0.39 is 32.5 Å². The zero-order chi connectivity index (χ0) is 47.1. The zero-order valence-corrected chi connectivity index (χ0v) is 41.6. The molecule has 64 heavy (non-hydrogen) atoms. The summed E-state index contributed by atoms with van der Waals surface area (Å²) in [5, 5.41) is 0. The van der Waals surface area contributed by atoms with Crippen LogP contribution in [0, 0.1) is 0 Å². The fourth-order valence-electron chi connectivity index (χ4n) is 5.76. The van der Waals surface area contributed by atoms with Crippen molar-refractivity contribution in [2.75, 3.05) is 47.5 Å². The predicted molar refractivity (Wildman–Crippen MR) is 268 cm³/mol. The molecule has 0 rings (SSSR count). The van der Waals surface area contributed by atoms with E-state index in [4.69, 9.17) is 18.5 Å². The molecule has 9 nitrogen and oxygen atoms in total. The number of rotatable bonds is 42. The third-order valence-corrected chi connectivity index (χ3v) is 10.4. The molecule has 10 heteroatoms. The van der Waals surface area contributed by atoms with E-state index in [0.29, 0.717) is 23.9 Å². The molecule has 2 unspecified atom stereocenters. The third-order valence-electron chi connectivity index (χ3n) is 9.48. The molecule has 0 N–H and O–H groups in total. The normalized spacial score (nSPS) is 14.5. The van der Waals surface area contributed by atoms with E-state index in [1.165, 1.54) is 0 Å². The second-order valence-electron chi connectivity index (χ2n) is 16.7. The number of hydrogen-bond acceptors (Lipinski definition) is 8. The van der Waals surface area contributed by atoms with Crippen LogP contribution >= 0.6 is 7.82 Å². The number of unbranched alkanes of at least 4 members (excludes halogenated alkanes) is 8. The fourth-order valence-corrected chi connectivity index (χ4v) is 6.49. The van der Waals surface area contributed by atoms with E-state index in [1.807, 2.05) is 21.1 Å². The van der Waals surface area contributed by atoms with Crippen molar-refractivity contribution in [3.8, 4) is 0 Å². The van der Waals surface area contributed by atoms with Gasteiger partial charge in [0.15, 0.2) is 6.10 Å². The molecular weight excluding hydrogens is 822 g/mol. The number of hydrogen-bond donors (Lipinski definition) is 0. The van der Waals surface area contributed by atoms with Crippen molar-refractivity contribution < 1.29 is 42.1 Å². The highest BCUT2D eigenvalue weighted by Gasteiger charge is 2.21. The second kappa shape index (κ2) is 44.6. The Balaban J connectivity index is 4.44. The molecule has 0 aliphatic heterocycles. The topological polar surface area (TPSA) is 111 Å². The van der Waals surface area contributed by atoms with Crippen LogP contribution in [0.2, 0.25) is 0 Å². The minimum absolute atomic E-state index is 0.0498. The Morgan fingerprint density at radius 3 is 1.28 bits per heavy atom. The molecule has 0 heterocycles. The van der Waals surface area contributed by atoms with Gasteiger partial charge in [-0.25, -0.2) is 0 Å². The van der Waals surface area contributed by atoms with E-state index in [-0.39, 0.29) is 26.1 Å². The summed E-state index contributed by atoms with van der Waals surface area (Å²) in [6.45, 7) is 3.91. The molecule has 0 amide bonds. The lowest BCUT2D eigenvalue weighted by Gasteiger charge is -2.28. The highest BCUT2D eigenvalue weighted by Crippen LogP contribution is 2.38. The number of allylic oxidation sites excluding steroid dienone is 20. The van der Waals surface area contributed by atoms with Crippen LogP contribution in [-0.2, 0) is 32.7 Å². The first-order chi connectivity index (χ1) is 31.0. The SMILES string of the molecule is CC/C=C\C/C=C\C/C=C\C/C=C\C/C=C\C/C=C\CCCCC(=O)OC(COC(=O)CCCCCCCC/C=C\C/C=C\C/C=C\C/C=C\CC)COP(=O)([O-])OCC[N+](C)(C)C. The van der Waals surface area contributed by atoms with Gasteiger partial charge in [-0.1, -0.05) is 161 Å². The Kier molecular flexibility index (Phi) is 42.1. The number of ether oxygens (including phenoxy) is 2. The molecule has 0 aliphatic rings. The van der Waals surface area contributed by atoms with Crippen molar-refractivity contribution in [1.29, 1.82) is 0 Å². The van der Waals surface area contributed by atoms with Crippen molar-refractivity contribution in [2.24, 2.45) is 0 Å². The van der Waals surface area contributed by atoms with Gasteiger partial charge in [0.05, 0.1) is 27.7 Å². The van der Waals surface area contributed by atoms with Gasteiger partial charge in [0.2, 0.25) is 0 Å². The van der Waals surface area contributed by atoms with Crippen LogP contribution in [-0.4, -0.2) is 70.0 Å². The van der Waals surface area contributed by atoms with Crippen LogP contribution in [0.1, 0.15) is 155 Å². The first-order valence-electron chi connectivity index (χ1n) is 24.2. The summed E-state index contributed by atoms with van der Waals surface area (Å²) in [6.07, 6.45) is 62.3. The lowest BCUT2D eigenvalue weighted by atomic mass is 10.1. The van der Waals surface area contributed by atoms with Gasteiger partial charge in [-0.05, 0) is 103 Å². The fraction of sp³-hybridized carbons (Fsp3) is 0.593. The van der Waals surface area contributed by atoms with E-state index in [0.717, 1.165) is 116 Å². The maximum atomic E-state index is 12.7. The van der Waals surface area contributed by atoms with Crippen LogP contribution in [0.5, 0.6) is 0 Å². The molecule has 0 aromatic heterocycles. The molecule has 2 atom stereocenters. The standard InChI is InChI=1S/C54H88NO8P/c1-6-8-10-12-14-16-18-20-22-24-26-27-29-31-33-35-37-39-41-43-45-47-54(57)63-52(51-62-64(58,59)61-49-48-55(3,4)5)50-60-53(56)46-44-42-40-38-36-34-32-30-28-25-23-21-19-17-15-13-11-9-7-2/h8-11,14-17,20-23,26-28,30-31,33,37,39,52H,6-7,12-13,18-19,24-25,29,32,34-36,38,40-51H2,1-5H3/b10-8-,11-9-,16-14-,17-15-,22-20-,23-21-,27-26-,30-28-,33-31-,39-37-. The van der Waals surface area contributed by atoms with Gasteiger partial charge in [-0.2, -0.15) is 0 Å². The molecule has 0 saturated heterocycles. The summed E-state index contributed by atoms with van der Waals surface area (Å²) in [6, 6.07) is 0. The summed E-state index contributed by atoms with van der Waals surface area (Å²) in [7, 11) is 1.10. The average Bonchev–Trinajstić information content (AvgIpc) is 3.25. The highest BCUT2D eigenvalue weighted by atomic mass is 31.2. The van der Waals surface area contributed by atoms with Gasteiger partial charge in [0, 0.05) is 12.8 Å². The lowest BCUT2D eigenvalue weighted by molar-refractivity contribution is -0.870. The first kappa shape index (κ1) is 60.4. The number of esters is 2. The van der Waals surface area contributed by atoms with Crippen molar-refractivity contribution in [2.45, 2.75) is 161 Å². The number of likely N-dealkylation sites (N-methyl/N-ethyl adjacent to an activating group) is 1. The highest BCUT2D eigenvalue weighted by molar-refractivity contribution is 7.45. The molecule has 0 radical (unpaired) electrons. The maximum absolute atomic E-state index is 12.7. The van der Waals surface area contributed by atoms with E-state index >= 15 is 0 Å². The van der Waals surface area contributed by atoms with Gasteiger partial charge in [0.25, 0.3) is 7.82 Å². The number of phosphoric acid groups is 1. The lowest BCUT2D eigenvalue weighted by Crippen LogP contribution is -2.37. The molecule has 0 bridgehead atoms. The molecule has 0 fully saturated rings. The molecule has 0 saturated carbocycles. The Morgan fingerprint density at radius 2 is 0.844 bits per heavy atom. The maximum Gasteiger partial charge on any atom is 0.306 e. The van der Waals surface area contributed by atoms with Gasteiger partial charge in [0.1, 0.15) is 19.8 Å². The zero-order valence-electron chi connectivity index (χ0n) is 40.7. The van der Waals surface area contributed by atoms with Gasteiger partial charge in [-0.3, -0.25) is 14.2 Å². The number of phosphoric ester groups is 1. The van der Waals surface area contributed by atoms with E-state index in [2.05, 4.69) is 135 Å². The molecule has 0 aromatic carbocycles. The van der Waals surface area contributed by atoms with Crippen molar-refractivity contribution in [3.63, 3.8) is 0 Å². The monoisotopic (exact) mass is 910 g/mol. The van der Waals surface area contributed by atoms with Crippen LogP contribution in [0.3, 0.4) is 0 Å². The van der Waals surface area contributed by atoms with Gasteiger partial charge < -0.3 is 27.9 Å². The molecule has 0 aromatic rings. The molecule has 362 valence electrons. The third kappa shape index (κ3) is 47.9. The average molecular weight is 910 g/mol. The summed E-state index contributed by atoms with van der Waals surface area (Å²) in [4.78, 5) is 37.7. The predicted octanol–water partition coefficient (Wildman–Crippen LogP) is 13.8. The number of carbonyl (C=O) groups excluding carboxylic acids is 2. The largest absolute Gasteiger partial charge is 0.756 e. The minimum atomic E-state index is -4.66. The Morgan fingerprint density at radius 1 is 0.484 bits per heavy atom. The van der Waals surface area contributed by atoms with E-state index in [1.54, 1.807) is 0 Å². The van der Waals surface area contributed by atoms with Gasteiger partial charge in [-0.15, -0.1) is 0 Å². The summed E-state index contributed by atoms with van der Waals surface area (Å²) < 4.78 is 33.9. The van der Waals surface area contributed by atoms with Crippen molar-refractivity contribution in [3.05, 3.63) is 122 Å².